The van der Waals surface area contributed by atoms with Gasteiger partial charge in [0, 0.05) is 5.88 Å². The molecule has 0 aliphatic heterocycles. The molecule has 80 valence electrons. The maximum absolute atomic E-state index is 10.9. The molecule has 13 heavy (non-hydrogen) atoms. The maximum atomic E-state index is 10.9. The monoisotopic (exact) mass is 240 g/mol. The minimum absolute atomic E-state index is 0.816. The van der Waals surface area contributed by atoms with Crippen molar-refractivity contribution >= 4 is 29.4 Å². The van der Waals surface area contributed by atoms with Crippen LogP contribution in [0.15, 0.2) is 0 Å². The lowest BCUT2D eigenvalue weighted by molar-refractivity contribution is -0.189. The fraction of sp³-hybridized carbons (Fsp3) is 0.833. The molecule has 0 atom stereocenters. The molecule has 0 aromatic heterocycles. The average Bonchev–Trinajstić information content (AvgIpc) is 2.04. The van der Waals surface area contributed by atoms with E-state index in [0.29, 0.717) is 0 Å². The number of hydrogen-bond acceptors (Lipinski definition) is 2. The van der Waals surface area contributed by atoms with Crippen LogP contribution in [-0.2, 0) is 9.08 Å². The van der Waals surface area contributed by atoms with Crippen LogP contribution in [-0.4, -0.2) is 18.0 Å². The van der Waals surface area contributed by atoms with E-state index in [4.69, 9.17) is 11.6 Å². The molecule has 0 radical (unpaired) electrons. The largest absolute Gasteiger partial charge is 0.492 e. The van der Waals surface area contributed by atoms with Crippen molar-refractivity contribution in [2.75, 3.05) is 5.88 Å². The molecule has 0 aromatic carbocycles. The topological polar surface area (TPSA) is 26.3 Å². The summed E-state index contributed by atoms with van der Waals surface area (Å²) in [6.07, 6.45) is -2.62. The zero-order valence-electron chi connectivity index (χ0n) is 6.83. The summed E-state index contributed by atoms with van der Waals surface area (Å²) in [6, 6.07) is 0. The van der Waals surface area contributed by atoms with E-state index in [-0.39, 0.29) is 0 Å². The van der Waals surface area contributed by atoms with Crippen molar-refractivity contribution < 1.29 is 22.3 Å². The van der Waals surface area contributed by atoms with Crippen LogP contribution < -0.4 is 0 Å². The highest BCUT2D eigenvalue weighted by atomic mass is 35.5. The van der Waals surface area contributed by atoms with Crippen molar-refractivity contribution in [2.45, 2.75) is 25.9 Å². The van der Waals surface area contributed by atoms with Crippen molar-refractivity contribution in [2.24, 2.45) is 0 Å². The van der Waals surface area contributed by atoms with Crippen molar-refractivity contribution in [3.05, 3.63) is 0 Å². The third-order valence-corrected chi connectivity index (χ3v) is 1.20. The van der Waals surface area contributed by atoms with Crippen LogP contribution in [0.1, 0.15) is 19.8 Å². The number of carbonyl (C=O) groups is 1. The summed E-state index contributed by atoms with van der Waals surface area (Å²) in [5.74, 6) is -1.59. The smallest absolute Gasteiger partial charge is 0.340 e. The molecule has 0 aromatic rings. The molecule has 0 rings (SSSR count). The van der Waals surface area contributed by atoms with Gasteiger partial charge < -0.3 is 4.29 Å². The summed E-state index contributed by atoms with van der Waals surface area (Å²) in [4.78, 5) is 9.35. The normalized spacial score (nSPS) is 10.0. The first-order valence-corrected chi connectivity index (χ1v) is 4.20. The molecule has 0 amide bonds. The standard InChI is InChI=1S/C4H9Cl.C2ClF3O2/c1-2-3-4-5;3-8-1(7)2(4,5)6/h2-4H2,1H3;. The second-order valence-corrected chi connectivity index (χ2v) is 2.44. The van der Waals surface area contributed by atoms with Crippen LogP contribution in [0.3, 0.4) is 0 Å². The van der Waals surface area contributed by atoms with E-state index in [0.717, 1.165) is 12.3 Å². The molecular weight excluding hydrogens is 232 g/mol. The van der Waals surface area contributed by atoms with E-state index in [9.17, 15) is 18.0 Å². The Kier molecular flexibility index (Phi) is 9.94. The first kappa shape index (κ1) is 15.3. The quantitative estimate of drug-likeness (QED) is 0.693. The van der Waals surface area contributed by atoms with Crippen LogP contribution in [0, 0.1) is 0 Å². The predicted octanol–water partition coefficient (Wildman–Crippen LogP) is 3.27. The lowest BCUT2D eigenvalue weighted by atomic mass is 10.4. The Morgan fingerprint density at radius 1 is 1.46 bits per heavy atom. The Labute approximate surface area is 84.1 Å². The molecular formula is C6H9Cl2F3O2. The Hall–Kier alpha value is -0.160. The van der Waals surface area contributed by atoms with Crippen LogP contribution >= 0.6 is 23.5 Å². The van der Waals surface area contributed by atoms with Crippen LogP contribution in [0.25, 0.3) is 0 Å². The van der Waals surface area contributed by atoms with Crippen molar-refractivity contribution in [3.8, 4) is 0 Å². The van der Waals surface area contributed by atoms with Crippen LogP contribution in [0.5, 0.6) is 0 Å². The van der Waals surface area contributed by atoms with Gasteiger partial charge in [-0.25, -0.2) is 4.79 Å². The van der Waals surface area contributed by atoms with E-state index in [1.54, 1.807) is 0 Å². The average molecular weight is 241 g/mol. The molecule has 0 heterocycles. The maximum Gasteiger partial charge on any atom is 0.492 e. The SMILES string of the molecule is CCCCCl.O=C(OCl)C(F)(F)F. The van der Waals surface area contributed by atoms with Gasteiger partial charge in [0.05, 0.1) is 0 Å². The lowest BCUT2D eigenvalue weighted by Crippen LogP contribution is -2.22. The van der Waals surface area contributed by atoms with Crippen molar-refractivity contribution in [1.82, 2.24) is 0 Å². The third kappa shape index (κ3) is 11.8. The van der Waals surface area contributed by atoms with Gasteiger partial charge in [0.1, 0.15) is 11.9 Å². The molecule has 0 bridgehead atoms. The molecule has 0 spiro atoms. The molecule has 0 aliphatic rings. The van der Waals surface area contributed by atoms with E-state index in [2.05, 4.69) is 23.1 Å². The number of rotatable bonds is 2. The van der Waals surface area contributed by atoms with Gasteiger partial charge in [-0.2, -0.15) is 13.2 Å². The number of halogens is 5. The second kappa shape index (κ2) is 8.44. The number of alkyl halides is 4. The molecule has 2 nitrogen and oxygen atoms in total. The van der Waals surface area contributed by atoms with Crippen molar-refractivity contribution in [3.63, 3.8) is 0 Å². The van der Waals surface area contributed by atoms with Gasteiger partial charge >= 0.3 is 12.1 Å². The van der Waals surface area contributed by atoms with E-state index < -0.39 is 12.1 Å². The molecule has 0 aliphatic carbocycles. The van der Waals surface area contributed by atoms with Gasteiger partial charge in [0.15, 0.2) is 0 Å². The van der Waals surface area contributed by atoms with E-state index in [1.807, 2.05) is 0 Å². The molecule has 7 heteroatoms. The lowest BCUT2D eigenvalue weighted by Gasteiger charge is -1.97. The first-order chi connectivity index (χ1) is 5.90. The Morgan fingerprint density at radius 2 is 1.92 bits per heavy atom. The van der Waals surface area contributed by atoms with Gasteiger partial charge in [0.25, 0.3) is 0 Å². The summed E-state index contributed by atoms with van der Waals surface area (Å²) in [7, 11) is 0. The Balaban J connectivity index is 0. The van der Waals surface area contributed by atoms with Gasteiger partial charge in [0.2, 0.25) is 0 Å². The second-order valence-electron chi connectivity index (χ2n) is 1.90. The zero-order valence-corrected chi connectivity index (χ0v) is 8.34. The van der Waals surface area contributed by atoms with Crippen LogP contribution in [0.4, 0.5) is 13.2 Å². The third-order valence-electron chi connectivity index (χ3n) is 0.789. The molecule has 0 fully saturated rings. The first-order valence-electron chi connectivity index (χ1n) is 3.35. The predicted molar refractivity (Wildman–Crippen MR) is 43.6 cm³/mol. The van der Waals surface area contributed by atoms with E-state index in [1.165, 1.54) is 6.42 Å². The summed E-state index contributed by atoms with van der Waals surface area (Å²) >= 11 is 9.37. The Morgan fingerprint density at radius 3 is 1.92 bits per heavy atom. The highest BCUT2D eigenvalue weighted by Crippen LogP contribution is 2.16. The van der Waals surface area contributed by atoms with E-state index >= 15 is 0 Å². The van der Waals surface area contributed by atoms with Gasteiger partial charge in [-0.15, -0.1) is 11.6 Å². The van der Waals surface area contributed by atoms with Gasteiger partial charge in [-0.05, 0) is 6.42 Å². The molecule has 0 N–H and O–H groups in total. The zero-order chi connectivity index (χ0) is 10.9. The number of unbranched alkanes of at least 4 members (excludes halogenated alkanes) is 1. The van der Waals surface area contributed by atoms with Crippen molar-refractivity contribution in [1.29, 1.82) is 0 Å². The number of hydrogen-bond donors (Lipinski definition) is 0. The Bertz CT molecular complexity index is 136. The minimum Gasteiger partial charge on any atom is -0.340 e. The summed E-state index contributed by atoms with van der Waals surface area (Å²) in [5, 5.41) is 0. The highest BCUT2D eigenvalue weighted by molar-refractivity contribution is 6.17. The number of carbonyl (C=O) groups excluding carboxylic acids is 1. The fourth-order valence-electron chi connectivity index (χ4n) is 0.177. The highest BCUT2D eigenvalue weighted by Gasteiger charge is 2.41. The summed E-state index contributed by atoms with van der Waals surface area (Å²) in [6.45, 7) is 2.13. The van der Waals surface area contributed by atoms with Gasteiger partial charge in [-0.1, -0.05) is 13.3 Å². The summed E-state index contributed by atoms with van der Waals surface area (Å²) in [5.41, 5.74) is 0. The fourth-order valence-corrected chi connectivity index (χ4v) is 0.532. The molecule has 0 unspecified atom stereocenters. The summed E-state index contributed by atoms with van der Waals surface area (Å²) < 4.78 is 35.5. The minimum atomic E-state index is -4.98. The van der Waals surface area contributed by atoms with Gasteiger partial charge in [-0.3, -0.25) is 0 Å². The molecule has 0 saturated heterocycles. The molecule has 0 saturated carbocycles. The van der Waals surface area contributed by atoms with Crippen LogP contribution in [0.2, 0.25) is 0 Å².